The maximum absolute atomic E-state index is 11.0. The van der Waals surface area contributed by atoms with E-state index in [0.29, 0.717) is 18.6 Å². The molecular weight excluding hydrogens is 370 g/mol. The summed E-state index contributed by atoms with van der Waals surface area (Å²) in [7, 11) is 7.77. The first-order chi connectivity index (χ1) is 13.9. The molecule has 0 aromatic heterocycles. The van der Waals surface area contributed by atoms with Gasteiger partial charge in [0, 0.05) is 19.3 Å². The van der Waals surface area contributed by atoms with Crippen LogP contribution < -0.4 is 18.9 Å². The van der Waals surface area contributed by atoms with E-state index in [2.05, 4.69) is 20.2 Å². The number of likely N-dealkylation sites (N-methyl/N-ethyl adjacent to an activating group) is 1. The molecule has 4 rings (SSSR count). The van der Waals surface area contributed by atoms with E-state index in [1.54, 1.807) is 14.2 Å². The molecule has 0 bridgehead atoms. The Morgan fingerprint density at radius 1 is 1.17 bits per heavy atom. The van der Waals surface area contributed by atoms with Crippen LogP contribution >= 0.6 is 0 Å². The molecule has 0 saturated carbocycles. The van der Waals surface area contributed by atoms with Crippen LogP contribution in [0.1, 0.15) is 29.2 Å². The monoisotopic (exact) mass is 400 g/mol. The lowest BCUT2D eigenvalue weighted by Crippen LogP contribution is -2.49. The van der Waals surface area contributed by atoms with Crippen LogP contribution in [0.5, 0.6) is 23.0 Å². The summed E-state index contributed by atoms with van der Waals surface area (Å²) in [5.74, 6) is 2.99. The highest BCUT2D eigenvalue weighted by Crippen LogP contribution is 2.51. The van der Waals surface area contributed by atoms with E-state index in [9.17, 15) is 5.11 Å². The third-order valence-electron chi connectivity index (χ3n) is 6.23. The summed E-state index contributed by atoms with van der Waals surface area (Å²) in [6, 6.07) is 10.0. The van der Waals surface area contributed by atoms with Crippen molar-refractivity contribution in [2.45, 2.75) is 31.4 Å². The minimum Gasteiger partial charge on any atom is -0.496 e. The first-order valence-electron chi connectivity index (χ1n) is 10.1. The second kappa shape index (κ2) is 7.76. The van der Waals surface area contributed by atoms with Crippen molar-refractivity contribution in [2.24, 2.45) is 0 Å². The van der Waals surface area contributed by atoms with Crippen LogP contribution in [-0.4, -0.2) is 57.3 Å². The average molecular weight is 400 g/mol. The summed E-state index contributed by atoms with van der Waals surface area (Å²) < 4.78 is 23.3. The van der Waals surface area contributed by atoms with E-state index in [-0.39, 0.29) is 12.8 Å². The van der Waals surface area contributed by atoms with E-state index in [4.69, 9.17) is 18.9 Å². The summed E-state index contributed by atoms with van der Waals surface area (Å²) >= 11 is 0. The Hall–Kier alpha value is -2.44. The molecule has 0 aliphatic carbocycles. The van der Waals surface area contributed by atoms with Gasteiger partial charge in [0.15, 0.2) is 11.5 Å². The van der Waals surface area contributed by atoms with Crippen LogP contribution in [0.15, 0.2) is 30.3 Å². The lowest BCUT2D eigenvalue weighted by molar-refractivity contribution is -0.924. The number of methoxy groups -OCH3 is 2. The normalized spacial score (nSPS) is 20.1. The maximum atomic E-state index is 11.0. The molecular formula is C23H30NO5+. The third-order valence-corrected chi connectivity index (χ3v) is 6.23. The van der Waals surface area contributed by atoms with Gasteiger partial charge in [0.2, 0.25) is 12.5 Å². The molecule has 0 spiro atoms. The van der Waals surface area contributed by atoms with Crippen molar-refractivity contribution in [1.82, 2.24) is 0 Å². The number of ether oxygens (including phenoxy) is 4. The van der Waals surface area contributed by atoms with Crippen LogP contribution in [-0.2, 0) is 12.8 Å². The minimum absolute atomic E-state index is 0.0907. The van der Waals surface area contributed by atoms with Crippen molar-refractivity contribution in [3.63, 3.8) is 0 Å². The van der Waals surface area contributed by atoms with Gasteiger partial charge in [0.1, 0.15) is 11.8 Å². The first kappa shape index (κ1) is 19.9. The molecule has 0 radical (unpaired) electrons. The van der Waals surface area contributed by atoms with Crippen LogP contribution in [0.2, 0.25) is 0 Å². The van der Waals surface area contributed by atoms with Crippen LogP contribution in [0.3, 0.4) is 0 Å². The zero-order chi connectivity index (χ0) is 20.6. The van der Waals surface area contributed by atoms with E-state index < -0.39 is 6.10 Å². The lowest BCUT2D eigenvalue weighted by Gasteiger charge is -2.44. The summed E-state index contributed by atoms with van der Waals surface area (Å²) in [6.45, 7) is 1.20. The predicted molar refractivity (Wildman–Crippen MR) is 110 cm³/mol. The molecule has 2 aromatic rings. The fraction of sp³-hybridized carbons (Fsp3) is 0.478. The smallest absolute Gasteiger partial charge is 0.231 e. The van der Waals surface area contributed by atoms with Gasteiger partial charge in [0.25, 0.3) is 0 Å². The molecule has 0 saturated heterocycles. The fourth-order valence-electron chi connectivity index (χ4n) is 4.64. The van der Waals surface area contributed by atoms with Gasteiger partial charge in [-0.15, -0.1) is 0 Å². The summed E-state index contributed by atoms with van der Waals surface area (Å²) in [5.41, 5.74) is 3.37. The second-order valence-corrected chi connectivity index (χ2v) is 8.39. The average Bonchev–Trinajstić information content (AvgIpc) is 3.17. The quantitative estimate of drug-likeness (QED) is 0.755. The molecule has 2 aliphatic rings. The maximum Gasteiger partial charge on any atom is 0.231 e. The summed E-state index contributed by atoms with van der Waals surface area (Å²) in [5, 5.41) is 11.0. The Balaban J connectivity index is 1.66. The number of rotatable bonds is 6. The van der Waals surface area contributed by atoms with Crippen LogP contribution in [0, 0.1) is 0 Å². The number of aliphatic hydroxyl groups excluding tert-OH is 1. The topological polar surface area (TPSA) is 57.2 Å². The van der Waals surface area contributed by atoms with Crippen molar-refractivity contribution in [1.29, 1.82) is 0 Å². The molecule has 0 amide bonds. The molecule has 6 nitrogen and oxygen atoms in total. The van der Waals surface area contributed by atoms with Crippen molar-refractivity contribution < 1.29 is 28.5 Å². The Morgan fingerprint density at radius 2 is 1.97 bits per heavy atom. The highest BCUT2D eigenvalue weighted by atomic mass is 16.7. The Morgan fingerprint density at radius 3 is 2.72 bits per heavy atom. The number of hydrogen-bond donors (Lipinski definition) is 1. The summed E-state index contributed by atoms with van der Waals surface area (Å²) in [4.78, 5) is 0. The van der Waals surface area contributed by atoms with Gasteiger partial charge >= 0.3 is 0 Å². The van der Waals surface area contributed by atoms with E-state index >= 15 is 0 Å². The molecule has 0 unspecified atom stereocenters. The predicted octanol–water partition coefficient (Wildman–Crippen LogP) is 3.10. The fourth-order valence-corrected chi connectivity index (χ4v) is 4.64. The first-order valence-corrected chi connectivity index (χ1v) is 10.1. The molecule has 2 aromatic carbocycles. The molecule has 0 fully saturated rings. The van der Waals surface area contributed by atoms with Gasteiger partial charge < -0.3 is 28.5 Å². The number of aliphatic hydroxyl groups is 1. The highest BCUT2D eigenvalue weighted by molar-refractivity contribution is 5.61. The zero-order valence-corrected chi connectivity index (χ0v) is 17.6. The van der Waals surface area contributed by atoms with Gasteiger partial charge in [-0.2, -0.15) is 0 Å². The number of hydrogen-bond acceptors (Lipinski definition) is 5. The molecule has 2 atom stereocenters. The third kappa shape index (κ3) is 3.63. The molecule has 1 N–H and O–H groups in total. The highest BCUT2D eigenvalue weighted by Gasteiger charge is 2.42. The number of quaternary nitrogens is 1. The minimum atomic E-state index is -0.505. The number of nitrogens with zero attached hydrogens (tertiary/aromatic N) is 1. The second-order valence-electron chi connectivity index (χ2n) is 8.39. The molecule has 2 heterocycles. The van der Waals surface area contributed by atoms with Crippen molar-refractivity contribution in [3.8, 4) is 23.0 Å². The lowest BCUT2D eigenvalue weighted by atomic mass is 9.85. The Bertz CT molecular complexity index is 895. The number of fused-ring (bicyclic) bond motifs is 2. The number of benzene rings is 2. The zero-order valence-electron chi connectivity index (χ0n) is 17.6. The van der Waals surface area contributed by atoms with E-state index in [1.807, 2.05) is 24.3 Å². The van der Waals surface area contributed by atoms with E-state index in [0.717, 1.165) is 45.8 Å². The van der Waals surface area contributed by atoms with Gasteiger partial charge in [-0.3, -0.25) is 0 Å². The largest absolute Gasteiger partial charge is 0.496 e. The van der Waals surface area contributed by atoms with Crippen molar-refractivity contribution in [2.75, 3.05) is 41.7 Å². The number of para-hydroxylation sites is 1. The Labute approximate surface area is 172 Å². The standard InChI is InChI=1S/C23H30NO5/c1-24(2)10-9-16-12-20-22(29-14-28-20)23(27-4)21(16)18(24)13-17(25)11-15-7-5-6-8-19(15)26-3/h5-8,12,17-18,25H,9-11,13-14H2,1-4H3/q+1/t17-,18+/m0/s1. The SMILES string of the molecule is COc1ccccc1C[C@H](O)C[C@@H]1c2c(cc3c(c2OC)OCO3)CC[N+]1(C)C. The van der Waals surface area contributed by atoms with Gasteiger partial charge in [-0.25, -0.2) is 0 Å². The molecule has 29 heavy (non-hydrogen) atoms. The van der Waals surface area contributed by atoms with Crippen molar-refractivity contribution >= 4 is 0 Å². The Kier molecular flexibility index (Phi) is 5.32. The van der Waals surface area contributed by atoms with Gasteiger partial charge in [0.05, 0.1) is 46.5 Å². The van der Waals surface area contributed by atoms with E-state index in [1.165, 1.54) is 5.56 Å². The van der Waals surface area contributed by atoms with Crippen LogP contribution in [0.4, 0.5) is 0 Å². The molecule has 156 valence electrons. The van der Waals surface area contributed by atoms with Crippen molar-refractivity contribution in [3.05, 3.63) is 47.0 Å². The van der Waals surface area contributed by atoms with Gasteiger partial charge in [-0.05, 0) is 23.3 Å². The molecule has 6 heteroatoms. The summed E-state index contributed by atoms with van der Waals surface area (Å²) in [6.07, 6.45) is 1.60. The molecule has 2 aliphatic heterocycles. The van der Waals surface area contributed by atoms with Gasteiger partial charge in [-0.1, -0.05) is 18.2 Å². The van der Waals surface area contributed by atoms with Crippen LogP contribution in [0.25, 0.3) is 0 Å².